The van der Waals surface area contributed by atoms with Crippen molar-refractivity contribution in [2.75, 3.05) is 29.9 Å². The molecule has 2 N–H and O–H groups in total. The summed E-state index contributed by atoms with van der Waals surface area (Å²) in [4.78, 5) is 2.45. The van der Waals surface area contributed by atoms with Crippen LogP contribution in [0, 0.1) is 5.92 Å². The zero-order valence-corrected chi connectivity index (χ0v) is 16.9. The summed E-state index contributed by atoms with van der Waals surface area (Å²) in [5.41, 5.74) is 2.50. The summed E-state index contributed by atoms with van der Waals surface area (Å²) >= 11 is 0. The fourth-order valence-electron chi connectivity index (χ4n) is 3.88. The summed E-state index contributed by atoms with van der Waals surface area (Å²) in [5, 5.41) is 3.20. The average molecular weight is 380 g/mol. The molecule has 1 heterocycles. The minimum absolute atomic E-state index is 0.110. The molecule has 1 aliphatic carbocycles. The SMILES string of the molecule is CC(C)S(=O)(=O)NC1CCC(CNc2ccc(N3CCCC3)cc2)CC1. The zero-order chi connectivity index (χ0) is 18.6. The highest BCUT2D eigenvalue weighted by molar-refractivity contribution is 7.90. The number of sulfonamides is 1. The van der Waals surface area contributed by atoms with Crippen LogP contribution in [0.15, 0.2) is 24.3 Å². The first-order valence-electron chi connectivity index (χ1n) is 10.0. The Bertz CT molecular complexity index is 659. The second kappa shape index (κ2) is 8.61. The van der Waals surface area contributed by atoms with E-state index in [-0.39, 0.29) is 11.3 Å². The summed E-state index contributed by atoms with van der Waals surface area (Å²) in [6.07, 6.45) is 6.62. The smallest absolute Gasteiger partial charge is 0.214 e. The van der Waals surface area contributed by atoms with Crippen molar-refractivity contribution in [2.24, 2.45) is 5.92 Å². The minimum Gasteiger partial charge on any atom is -0.385 e. The van der Waals surface area contributed by atoms with Crippen LogP contribution in [0.5, 0.6) is 0 Å². The Morgan fingerprint density at radius 3 is 2.23 bits per heavy atom. The van der Waals surface area contributed by atoms with Gasteiger partial charge in [-0.1, -0.05) is 0 Å². The van der Waals surface area contributed by atoms with Gasteiger partial charge >= 0.3 is 0 Å². The van der Waals surface area contributed by atoms with Crippen LogP contribution < -0.4 is 14.9 Å². The Morgan fingerprint density at radius 1 is 1.04 bits per heavy atom. The van der Waals surface area contributed by atoms with Crippen LogP contribution in [0.3, 0.4) is 0 Å². The Hall–Kier alpha value is -1.27. The Labute approximate surface area is 158 Å². The van der Waals surface area contributed by atoms with Crippen molar-refractivity contribution in [3.8, 4) is 0 Å². The summed E-state index contributed by atoms with van der Waals surface area (Å²) in [6, 6.07) is 8.89. The van der Waals surface area contributed by atoms with Gasteiger partial charge in [-0.15, -0.1) is 0 Å². The van der Waals surface area contributed by atoms with Crippen LogP contribution in [0.25, 0.3) is 0 Å². The molecule has 2 fully saturated rings. The van der Waals surface area contributed by atoms with Crippen LogP contribution in [-0.4, -0.2) is 39.3 Å². The molecule has 0 atom stereocenters. The molecule has 1 aromatic carbocycles. The normalized spacial score (nSPS) is 24.2. The van der Waals surface area contributed by atoms with Gasteiger partial charge in [0.25, 0.3) is 0 Å². The lowest BCUT2D eigenvalue weighted by molar-refractivity contribution is 0.323. The molecule has 0 bridgehead atoms. The summed E-state index contributed by atoms with van der Waals surface area (Å²) < 4.78 is 26.8. The lowest BCUT2D eigenvalue weighted by Crippen LogP contribution is -2.41. The van der Waals surface area contributed by atoms with Crippen molar-refractivity contribution in [1.29, 1.82) is 0 Å². The van der Waals surface area contributed by atoms with Gasteiger partial charge in [0.1, 0.15) is 0 Å². The topological polar surface area (TPSA) is 61.4 Å². The van der Waals surface area contributed by atoms with Gasteiger partial charge in [-0.2, -0.15) is 0 Å². The molecule has 0 spiro atoms. The van der Waals surface area contributed by atoms with E-state index >= 15 is 0 Å². The van der Waals surface area contributed by atoms with Crippen LogP contribution in [-0.2, 0) is 10.0 Å². The quantitative estimate of drug-likeness (QED) is 0.760. The predicted molar refractivity (Wildman–Crippen MR) is 109 cm³/mol. The number of nitrogens with zero attached hydrogens (tertiary/aromatic N) is 1. The van der Waals surface area contributed by atoms with Gasteiger partial charge in [0, 0.05) is 37.1 Å². The fraction of sp³-hybridized carbons (Fsp3) is 0.700. The van der Waals surface area contributed by atoms with Gasteiger partial charge in [0.05, 0.1) is 5.25 Å². The van der Waals surface area contributed by atoms with Crippen molar-refractivity contribution < 1.29 is 8.42 Å². The molecule has 0 radical (unpaired) electrons. The van der Waals surface area contributed by atoms with E-state index in [4.69, 9.17) is 0 Å². The molecule has 0 unspecified atom stereocenters. The van der Waals surface area contributed by atoms with E-state index in [0.717, 1.165) is 32.2 Å². The number of rotatable bonds is 7. The van der Waals surface area contributed by atoms with E-state index < -0.39 is 10.0 Å². The highest BCUT2D eigenvalue weighted by atomic mass is 32.2. The van der Waals surface area contributed by atoms with Gasteiger partial charge in [0.2, 0.25) is 10.0 Å². The van der Waals surface area contributed by atoms with Crippen molar-refractivity contribution in [3.63, 3.8) is 0 Å². The van der Waals surface area contributed by atoms with E-state index in [1.165, 1.54) is 37.3 Å². The van der Waals surface area contributed by atoms with Gasteiger partial charge in [-0.25, -0.2) is 13.1 Å². The van der Waals surface area contributed by atoms with Crippen LogP contribution >= 0.6 is 0 Å². The molecule has 26 heavy (non-hydrogen) atoms. The second-order valence-corrected chi connectivity index (χ2v) is 10.3. The first kappa shape index (κ1) is 19.5. The third-order valence-corrected chi connectivity index (χ3v) is 7.63. The van der Waals surface area contributed by atoms with Crippen molar-refractivity contribution in [2.45, 2.75) is 63.7 Å². The Morgan fingerprint density at radius 2 is 1.65 bits per heavy atom. The summed E-state index contributed by atoms with van der Waals surface area (Å²) in [7, 11) is -3.15. The lowest BCUT2D eigenvalue weighted by Gasteiger charge is -2.29. The van der Waals surface area contributed by atoms with Crippen LogP contribution in [0.4, 0.5) is 11.4 Å². The maximum Gasteiger partial charge on any atom is 0.214 e. The molecule has 1 saturated carbocycles. The van der Waals surface area contributed by atoms with E-state index in [9.17, 15) is 8.42 Å². The standard InChI is InChI=1S/C20H33N3O2S/c1-16(2)26(24,25)22-19-7-5-17(6-8-19)15-21-18-9-11-20(12-10-18)23-13-3-4-14-23/h9-12,16-17,19,21-22H,3-8,13-15H2,1-2H3. The molecule has 1 saturated heterocycles. The maximum atomic E-state index is 12.0. The molecule has 0 amide bonds. The third-order valence-electron chi connectivity index (χ3n) is 5.73. The third kappa shape index (κ3) is 5.13. The predicted octanol–water partition coefficient (Wildman–Crippen LogP) is 3.59. The lowest BCUT2D eigenvalue weighted by atomic mass is 9.86. The Balaban J connectivity index is 1.41. The van der Waals surface area contributed by atoms with Gasteiger partial charge in [-0.3, -0.25) is 0 Å². The van der Waals surface area contributed by atoms with E-state index in [1.54, 1.807) is 13.8 Å². The van der Waals surface area contributed by atoms with Crippen molar-refractivity contribution in [3.05, 3.63) is 24.3 Å². The first-order chi connectivity index (χ1) is 12.4. The highest BCUT2D eigenvalue weighted by Crippen LogP contribution is 2.26. The number of benzene rings is 1. The first-order valence-corrected chi connectivity index (χ1v) is 11.6. The van der Waals surface area contributed by atoms with Crippen molar-refractivity contribution >= 4 is 21.4 Å². The number of hydrogen-bond acceptors (Lipinski definition) is 4. The highest BCUT2D eigenvalue weighted by Gasteiger charge is 2.26. The molecule has 2 aliphatic rings. The van der Waals surface area contributed by atoms with E-state index in [2.05, 4.69) is 39.2 Å². The van der Waals surface area contributed by atoms with Crippen molar-refractivity contribution in [1.82, 2.24) is 4.72 Å². The van der Waals surface area contributed by atoms with Crippen LogP contribution in [0.2, 0.25) is 0 Å². The zero-order valence-electron chi connectivity index (χ0n) is 16.1. The number of nitrogens with one attached hydrogen (secondary N) is 2. The summed E-state index contributed by atoms with van der Waals surface area (Å²) in [5.74, 6) is 0.619. The fourth-order valence-corrected chi connectivity index (χ4v) is 4.85. The van der Waals surface area contributed by atoms with Gasteiger partial charge < -0.3 is 10.2 Å². The van der Waals surface area contributed by atoms with Gasteiger partial charge in [-0.05, 0) is 82.6 Å². The molecule has 3 rings (SSSR count). The van der Waals surface area contributed by atoms with Gasteiger partial charge in [0.15, 0.2) is 0 Å². The second-order valence-electron chi connectivity index (χ2n) is 8.05. The average Bonchev–Trinajstić information content (AvgIpc) is 3.16. The van der Waals surface area contributed by atoms with E-state index in [1.807, 2.05) is 0 Å². The Kier molecular flexibility index (Phi) is 6.46. The molecular formula is C20H33N3O2S. The number of anilines is 2. The molecular weight excluding hydrogens is 346 g/mol. The monoisotopic (exact) mass is 379 g/mol. The molecule has 1 aliphatic heterocycles. The maximum absolute atomic E-state index is 12.0. The molecule has 1 aromatic rings. The molecule has 5 nitrogen and oxygen atoms in total. The largest absolute Gasteiger partial charge is 0.385 e. The molecule has 146 valence electrons. The minimum atomic E-state index is -3.15. The van der Waals surface area contributed by atoms with Crippen LogP contribution in [0.1, 0.15) is 52.4 Å². The number of hydrogen-bond donors (Lipinski definition) is 2. The summed E-state index contributed by atoms with van der Waals surface area (Å²) in [6.45, 7) is 6.78. The van der Waals surface area contributed by atoms with E-state index in [0.29, 0.717) is 5.92 Å². The molecule has 6 heteroatoms. The molecule has 0 aromatic heterocycles.